The predicted molar refractivity (Wildman–Crippen MR) is 91.0 cm³/mol. The van der Waals surface area contributed by atoms with Gasteiger partial charge in [-0.05, 0) is 24.6 Å². The second-order valence-electron chi connectivity index (χ2n) is 5.52. The normalized spacial score (nSPS) is 10.4. The molecule has 0 bridgehead atoms. The SMILES string of the molecule is Cc1cc(Nc2ccnc(C(=O)N(C)Cc3ccccc3)c2)no1. The maximum Gasteiger partial charge on any atom is 0.272 e. The van der Waals surface area contributed by atoms with Gasteiger partial charge in [-0.25, -0.2) is 0 Å². The zero-order valence-electron chi connectivity index (χ0n) is 13.6. The number of aromatic nitrogens is 2. The van der Waals surface area contributed by atoms with E-state index in [9.17, 15) is 4.79 Å². The van der Waals surface area contributed by atoms with E-state index in [1.807, 2.05) is 37.3 Å². The lowest BCUT2D eigenvalue weighted by Crippen LogP contribution is -2.27. The first kappa shape index (κ1) is 15.7. The Hall–Kier alpha value is -3.15. The number of hydrogen-bond donors (Lipinski definition) is 1. The van der Waals surface area contributed by atoms with Gasteiger partial charge < -0.3 is 14.7 Å². The number of amides is 1. The zero-order valence-corrected chi connectivity index (χ0v) is 13.6. The molecule has 2 aromatic heterocycles. The number of benzene rings is 1. The monoisotopic (exact) mass is 322 g/mol. The van der Waals surface area contributed by atoms with Gasteiger partial charge in [0.1, 0.15) is 11.5 Å². The van der Waals surface area contributed by atoms with Crippen LogP contribution >= 0.6 is 0 Å². The summed E-state index contributed by atoms with van der Waals surface area (Å²) in [5.74, 6) is 1.17. The average Bonchev–Trinajstić information content (AvgIpc) is 3.00. The highest BCUT2D eigenvalue weighted by molar-refractivity contribution is 5.93. The van der Waals surface area contributed by atoms with Crippen molar-refractivity contribution in [1.82, 2.24) is 15.0 Å². The van der Waals surface area contributed by atoms with Gasteiger partial charge in [-0.2, -0.15) is 0 Å². The van der Waals surface area contributed by atoms with Gasteiger partial charge in [-0.1, -0.05) is 35.5 Å². The molecular weight excluding hydrogens is 304 g/mol. The highest BCUT2D eigenvalue weighted by Crippen LogP contribution is 2.17. The molecule has 1 amide bonds. The minimum atomic E-state index is -0.140. The van der Waals surface area contributed by atoms with Crippen molar-refractivity contribution in [3.63, 3.8) is 0 Å². The van der Waals surface area contributed by atoms with E-state index >= 15 is 0 Å². The fraction of sp³-hybridized carbons (Fsp3) is 0.167. The fourth-order valence-corrected chi connectivity index (χ4v) is 2.32. The molecule has 0 atom stereocenters. The zero-order chi connectivity index (χ0) is 16.9. The van der Waals surface area contributed by atoms with E-state index in [1.165, 1.54) is 0 Å². The van der Waals surface area contributed by atoms with Gasteiger partial charge in [0.2, 0.25) is 0 Å². The van der Waals surface area contributed by atoms with Crippen LogP contribution in [0.2, 0.25) is 0 Å². The molecule has 0 radical (unpaired) electrons. The number of nitrogens with one attached hydrogen (secondary N) is 1. The molecule has 3 rings (SSSR count). The molecule has 0 spiro atoms. The first-order valence-electron chi connectivity index (χ1n) is 7.57. The van der Waals surface area contributed by atoms with E-state index in [0.717, 1.165) is 11.3 Å². The molecular formula is C18H18N4O2. The topological polar surface area (TPSA) is 71.3 Å². The quantitative estimate of drug-likeness (QED) is 0.779. The summed E-state index contributed by atoms with van der Waals surface area (Å²) in [6.45, 7) is 2.35. The Morgan fingerprint density at radius 1 is 1.21 bits per heavy atom. The molecule has 3 aromatic rings. The van der Waals surface area contributed by atoms with Gasteiger partial charge in [-0.3, -0.25) is 9.78 Å². The Kier molecular flexibility index (Phi) is 4.56. The average molecular weight is 322 g/mol. The Balaban J connectivity index is 1.71. The summed E-state index contributed by atoms with van der Waals surface area (Å²) in [5.41, 5.74) is 2.18. The highest BCUT2D eigenvalue weighted by atomic mass is 16.5. The van der Waals surface area contributed by atoms with E-state index in [0.29, 0.717) is 23.8 Å². The predicted octanol–water partition coefficient (Wildman–Crippen LogP) is 3.39. The van der Waals surface area contributed by atoms with Crippen molar-refractivity contribution in [1.29, 1.82) is 0 Å². The third-order valence-corrected chi connectivity index (χ3v) is 3.49. The summed E-state index contributed by atoms with van der Waals surface area (Å²) < 4.78 is 5.02. The van der Waals surface area contributed by atoms with Gasteiger partial charge in [-0.15, -0.1) is 0 Å². The molecule has 1 aromatic carbocycles. The summed E-state index contributed by atoms with van der Waals surface area (Å²) >= 11 is 0. The number of nitrogens with zero attached hydrogens (tertiary/aromatic N) is 3. The van der Waals surface area contributed by atoms with Gasteiger partial charge in [0.25, 0.3) is 5.91 Å². The minimum absolute atomic E-state index is 0.140. The smallest absolute Gasteiger partial charge is 0.272 e. The first-order valence-corrected chi connectivity index (χ1v) is 7.57. The Morgan fingerprint density at radius 3 is 2.71 bits per heavy atom. The van der Waals surface area contributed by atoms with Crippen molar-refractivity contribution in [2.75, 3.05) is 12.4 Å². The number of rotatable bonds is 5. The summed E-state index contributed by atoms with van der Waals surface area (Å²) in [7, 11) is 1.76. The molecule has 0 aliphatic heterocycles. The number of aryl methyl sites for hydroxylation is 1. The van der Waals surface area contributed by atoms with E-state index in [-0.39, 0.29) is 5.91 Å². The lowest BCUT2D eigenvalue weighted by atomic mass is 10.2. The Labute approximate surface area is 140 Å². The van der Waals surface area contributed by atoms with Crippen molar-refractivity contribution >= 4 is 17.4 Å². The van der Waals surface area contributed by atoms with Gasteiger partial charge in [0, 0.05) is 31.5 Å². The van der Waals surface area contributed by atoms with Crippen LogP contribution < -0.4 is 5.32 Å². The Bertz CT molecular complexity index is 830. The fourth-order valence-electron chi connectivity index (χ4n) is 2.32. The van der Waals surface area contributed by atoms with E-state index < -0.39 is 0 Å². The van der Waals surface area contributed by atoms with Crippen LogP contribution in [0.4, 0.5) is 11.5 Å². The summed E-state index contributed by atoms with van der Waals surface area (Å²) in [6, 6.07) is 15.1. The molecule has 0 aliphatic carbocycles. The third-order valence-electron chi connectivity index (χ3n) is 3.49. The highest BCUT2D eigenvalue weighted by Gasteiger charge is 2.14. The minimum Gasteiger partial charge on any atom is -0.360 e. The van der Waals surface area contributed by atoms with E-state index in [4.69, 9.17) is 4.52 Å². The first-order chi connectivity index (χ1) is 11.6. The summed E-state index contributed by atoms with van der Waals surface area (Å²) in [4.78, 5) is 18.4. The van der Waals surface area contributed by atoms with Crippen LogP contribution in [0.3, 0.4) is 0 Å². The lowest BCUT2D eigenvalue weighted by molar-refractivity contribution is 0.0779. The van der Waals surface area contributed by atoms with Crippen LogP contribution in [0, 0.1) is 6.92 Å². The van der Waals surface area contributed by atoms with Crippen LogP contribution in [-0.2, 0) is 6.54 Å². The van der Waals surface area contributed by atoms with Crippen molar-refractivity contribution in [3.05, 3.63) is 71.7 Å². The third kappa shape index (κ3) is 3.78. The van der Waals surface area contributed by atoms with E-state index in [1.54, 1.807) is 36.3 Å². The lowest BCUT2D eigenvalue weighted by Gasteiger charge is -2.17. The molecule has 6 nitrogen and oxygen atoms in total. The number of anilines is 2. The molecule has 122 valence electrons. The summed E-state index contributed by atoms with van der Waals surface area (Å²) in [5, 5.41) is 6.97. The van der Waals surface area contributed by atoms with Gasteiger partial charge in [0.05, 0.1) is 0 Å². The Morgan fingerprint density at radius 2 is 2.00 bits per heavy atom. The molecule has 0 saturated carbocycles. The maximum atomic E-state index is 12.6. The van der Waals surface area contributed by atoms with Crippen LogP contribution in [0.1, 0.15) is 21.8 Å². The van der Waals surface area contributed by atoms with Gasteiger partial charge >= 0.3 is 0 Å². The molecule has 0 aliphatic rings. The summed E-state index contributed by atoms with van der Waals surface area (Å²) in [6.07, 6.45) is 1.60. The van der Waals surface area contributed by atoms with Crippen LogP contribution in [0.25, 0.3) is 0 Å². The molecule has 24 heavy (non-hydrogen) atoms. The second kappa shape index (κ2) is 6.95. The van der Waals surface area contributed by atoms with Crippen LogP contribution in [0.5, 0.6) is 0 Å². The van der Waals surface area contributed by atoms with Crippen molar-refractivity contribution in [2.24, 2.45) is 0 Å². The van der Waals surface area contributed by atoms with Crippen LogP contribution in [0.15, 0.2) is 59.3 Å². The largest absolute Gasteiger partial charge is 0.360 e. The molecule has 0 saturated heterocycles. The standard InChI is InChI=1S/C18H18N4O2/c1-13-10-17(21-24-13)20-15-8-9-19-16(11-15)18(23)22(2)12-14-6-4-3-5-7-14/h3-11H,12H2,1-2H3,(H,19,20,21). The molecule has 2 heterocycles. The van der Waals surface area contributed by atoms with Gasteiger partial charge in [0.15, 0.2) is 5.82 Å². The molecule has 1 N–H and O–H groups in total. The number of pyridine rings is 1. The molecule has 6 heteroatoms. The van der Waals surface area contributed by atoms with E-state index in [2.05, 4.69) is 15.5 Å². The number of carbonyl (C=O) groups excluding carboxylic acids is 1. The van der Waals surface area contributed by atoms with Crippen molar-refractivity contribution in [2.45, 2.75) is 13.5 Å². The second-order valence-corrected chi connectivity index (χ2v) is 5.52. The maximum absolute atomic E-state index is 12.6. The molecule has 0 unspecified atom stereocenters. The molecule has 0 fully saturated rings. The number of carbonyl (C=O) groups is 1. The van der Waals surface area contributed by atoms with Crippen LogP contribution in [-0.4, -0.2) is 28.0 Å². The number of hydrogen-bond acceptors (Lipinski definition) is 5. The van der Waals surface area contributed by atoms with Crippen molar-refractivity contribution < 1.29 is 9.32 Å². The van der Waals surface area contributed by atoms with Crippen molar-refractivity contribution in [3.8, 4) is 0 Å².